The molecule has 2 N–H and O–H groups in total. The largest absolute Gasteiger partial charge is 0.326 e. The summed E-state index contributed by atoms with van der Waals surface area (Å²) in [5, 5.41) is 0. The highest BCUT2D eigenvalue weighted by molar-refractivity contribution is 5.03. The Morgan fingerprint density at radius 1 is 1.24 bits per heavy atom. The Morgan fingerprint density at radius 2 is 1.76 bits per heavy atom. The Morgan fingerprint density at radius 3 is 2.24 bits per heavy atom. The van der Waals surface area contributed by atoms with Crippen LogP contribution < -0.4 is 5.73 Å². The van der Waals surface area contributed by atoms with Gasteiger partial charge in [0.1, 0.15) is 0 Å². The van der Waals surface area contributed by atoms with Crippen molar-refractivity contribution in [1.82, 2.24) is 4.90 Å². The summed E-state index contributed by atoms with van der Waals surface area (Å²) in [6.45, 7) is 13.3. The van der Waals surface area contributed by atoms with E-state index in [-0.39, 0.29) is 11.6 Å². The summed E-state index contributed by atoms with van der Waals surface area (Å²) >= 11 is 0. The molecule has 1 rings (SSSR count). The quantitative estimate of drug-likeness (QED) is 0.744. The minimum atomic E-state index is 0.0997. The zero-order valence-corrected chi connectivity index (χ0v) is 12.0. The Balaban J connectivity index is 2.60. The molecule has 17 heavy (non-hydrogen) atoms. The lowest BCUT2D eigenvalue weighted by molar-refractivity contribution is 0.0977. The second-order valence-electron chi connectivity index (χ2n) is 5.97. The van der Waals surface area contributed by atoms with Gasteiger partial charge in [0.05, 0.1) is 0 Å². The molecule has 2 heteroatoms. The molecular weight excluding hydrogens is 208 g/mol. The maximum Gasteiger partial charge on any atom is 0.0307 e. The van der Waals surface area contributed by atoms with E-state index >= 15 is 0 Å². The van der Waals surface area contributed by atoms with Crippen molar-refractivity contribution in [2.24, 2.45) is 5.73 Å². The van der Waals surface area contributed by atoms with Crippen LogP contribution in [0, 0.1) is 0 Å². The molecule has 1 unspecified atom stereocenters. The molecule has 1 aliphatic rings. The highest BCUT2D eigenvalue weighted by Gasteiger charge is 2.33. The summed E-state index contributed by atoms with van der Waals surface area (Å²) in [6, 6.07) is 0.202. The van der Waals surface area contributed by atoms with Gasteiger partial charge < -0.3 is 5.73 Å². The van der Waals surface area contributed by atoms with Crippen LogP contribution in [0.4, 0.5) is 0 Å². The first-order valence-electron chi connectivity index (χ1n) is 7.15. The van der Waals surface area contributed by atoms with Gasteiger partial charge in [0.15, 0.2) is 0 Å². The van der Waals surface area contributed by atoms with Crippen LogP contribution in [0.2, 0.25) is 0 Å². The van der Waals surface area contributed by atoms with Gasteiger partial charge in [0, 0.05) is 11.6 Å². The van der Waals surface area contributed by atoms with Gasteiger partial charge in [-0.3, -0.25) is 4.90 Å². The second-order valence-corrected chi connectivity index (χ2v) is 5.97. The van der Waals surface area contributed by atoms with Gasteiger partial charge in [0.2, 0.25) is 0 Å². The first-order valence-corrected chi connectivity index (χ1v) is 7.15. The number of hydrogen-bond donors (Lipinski definition) is 1. The van der Waals surface area contributed by atoms with Crippen molar-refractivity contribution in [3.63, 3.8) is 0 Å². The van der Waals surface area contributed by atoms with Crippen molar-refractivity contribution < 1.29 is 0 Å². The fourth-order valence-electron chi connectivity index (χ4n) is 2.59. The van der Waals surface area contributed by atoms with Gasteiger partial charge >= 0.3 is 0 Å². The molecule has 0 bridgehead atoms. The zero-order chi connectivity index (χ0) is 12.9. The summed E-state index contributed by atoms with van der Waals surface area (Å²) in [6.07, 6.45) is 7.41. The van der Waals surface area contributed by atoms with Gasteiger partial charge in [-0.15, -0.1) is 0 Å². The van der Waals surface area contributed by atoms with E-state index in [1.165, 1.54) is 44.3 Å². The smallest absolute Gasteiger partial charge is 0.0307 e. The van der Waals surface area contributed by atoms with Gasteiger partial charge in [-0.1, -0.05) is 31.9 Å². The summed E-state index contributed by atoms with van der Waals surface area (Å²) < 4.78 is 0. The molecule has 1 saturated heterocycles. The third-order valence-electron chi connectivity index (χ3n) is 4.34. The highest BCUT2D eigenvalue weighted by atomic mass is 15.2. The molecule has 2 nitrogen and oxygen atoms in total. The van der Waals surface area contributed by atoms with E-state index in [0.29, 0.717) is 0 Å². The maximum absolute atomic E-state index is 6.41. The van der Waals surface area contributed by atoms with E-state index in [1.54, 1.807) is 0 Å². The summed E-state index contributed by atoms with van der Waals surface area (Å²) in [7, 11) is 0. The predicted octanol–water partition coefficient (Wildman–Crippen LogP) is 3.32. The summed E-state index contributed by atoms with van der Waals surface area (Å²) in [5.74, 6) is 0. The first-order chi connectivity index (χ1) is 7.98. The minimum Gasteiger partial charge on any atom is -0.326 e. The van der Waals surface area contributed by atoms with Crippen molar-refractivity contribution >= 4 is 0 Å². The number of nitrogens with two attached hydrogens (primary N) is 1. The maximum atomic E-state index is 6.41. The molecular formula is C15H30N2. The average molecular weight is 238 g/mol. The lowest BCUT2D eigenvalue weighted by Crippen LogP contribution is -2.56. The van der Waals surface area contributed by atoms with Crippen LogP contribution >= 0.6 is 0 Å². The number of rotatable bonds is 5. The van der Waals surface area contributed by atoms with E-state index in [2.05, 4.69) is 32.3 Å². The van der Waals surface area contributed by atoms with Gasteiger partial charge in [-0.2, -0.15) is 0 Å². The number of hydrogen-bond acceptors (Lipinski definition) is 2. The lowest BCUT2D eigenvalue weighted by atomic mass is 9.87. The fraction of sp³-hybridized carbons (Fsp3) is 0.867. The third-order valence-corrected chi connectivity index (χ3v) is 4.34. The van der Waals surface area contributed by atoms with Crippen LogP contribution in [0.5, 0.6) is 0 Å². The van der Waals surface area contributed by atoms with Crippen LogP contribution in [0.15, 0.2) is 12.2 Å². The molecule has 1 aliphatic heterocycles. The van der Waals surface area contributed by atoms with Crippen LogP contribution in [0.25, 0.3) is 0 Å². The standard InChI is InChI=1S/C15H30N2/c1-5-13(2)12-14(16)15(3,4)17-10-8-6-7-9-11-17/h14H,2,5-12,16H2,1,3-4H3. The molecule has 0 spiro atoms. The Bertz CT molecular complexity index is 237. The minimum absolute atomic E-state index is 0.0997. The predicted molar refractivity (Wildman–Crippen MR) is 76.1 cm³/mol. The Labute approximate surface area is 107 Å². The second kappa shape index (κ2) is 6.55. The molecule has 1 atom stereocenters. The van der Waals surface area contributed by atoms with Gasteiger partial charge in [0.25, 0.3) is 0 Å². The summed E-state index contributed by atoms with van der Waals surface area (Å²) in [5.41, 5.74) is 7.79. The van der Waals surface area contributed by atoms with Crippen LogP contribution in [-0.4, -0.2) is 29.6 Å². The lowest BCUT2D eigenvalue weighted by Gasteiger charge is -2.42. The Kier molecular flexibility index (Phi) is 5.68. The number of likely N-dealkylation sites (tertiary alicyclic amines) is 1. The first kappa shape index (κ1) is 14.7. The topological polar surface area (TPSA) is 29.3 Å². The SMILES string of the molecule is C=C(CC)CC(N)C(C)(C)N1CCCCCC1. The van der Waals surface area contributed by atoms with Gasteiger partial charge in [-0.25, -0.2) is 0 Å². The fourth-order valence-corrected chi connectivity index (χ4v) is 2.59. The number of nitrogens with zero attached hydrogens (tertiary/aromatic N) is 1. The summed E-state index contributed by atoms with van der Waals surface area (Å²) in [4.78, 5) is 2.59. The molecule has 0 radical (unpaired) electrons. The van der Waals surface area contributed by atoms with Crippen LogP contribution in [-0.2, 0) is 0 Å². The van der Waals surface area contributed by atoms with E-state index in [1.807, 2.05) is 0 Å². The molecule has 1 heterocycles. The molecule has 0 aromatic heterocycles. The normalized spacial score (nSPS) is 20.9. The molecule has 0 aromatic carbocycles. The van der Waals surface area contributed by atoms with Crippen molar-refractivity contribution in [3.8, 4) is 0 Å². The van der Waals surface area contributed by atoms with Crippen molar-refractivity contribution in [2.75, 3.05) is 13.1 Å². The molecule has 1 fully saturated rings. The highest BCUT2D eigenvalue weighted by Crippen LogP contribution is 2.25. The van der Waals surface area contributed by atoms with E-state index < -0.39 is 0 Å². The van der Waals surface area contributed by atoms with Crippen molar-refractivity contribution in [1.29, 1.82) is 0 Å². The molecule has 0 aromatic rings. The van der Waals surface area contributed by atoms with E-state index in [0.717, 1.165) is 12.8 Å². The van der Waals surface area contributed by atoms with Crippen molar-refractivity contribution in [3.05, 3.63) is 12.2 Å². The third kappa shape index (κ3) is 4.11. The molecule has 0 saturated carbocycles. The molecule has 0 amide bonds. The van der Waals surface area contributed by atoms with Crippen LogP contribution in [0.1, 0.15) is 59.3 Å². The molecule has 100 valence electrons. The van der Waals surface area contributed by atoms with E-state index in [4.69, 9.17) is 5.73 Å². The van der Waals surface area contributed by atoms with E-state index in [9.17, 15) is 0 Å². The van der Waals surface area contributed by atoms with Crippen LogP contribution in [0.3, 0.4) is 0 Å². The van der Waals surface area contributed by atoms with Gasteiger partial charge in [-0.05, 0) is 52.6 Å². The monoisotopic (exact) mass is 238 g/mol. The average Bonchev–Trinajstić information content (AvgIpc) is 2.57. The zero-order valence-electron chi connectivity index (χ0n) is 12.0. The Hall–Kier alpha value is -0.340. The van der Waals surface area contributed by atoms with Crippen molar-refractivity contribution in [2.45, 2.75) is 70.9 Å². The molecule has 0 aliphatic carbocycles.